The van der Waals surface area contributed by atoms with Gasteiger partial charge in [-0.25, -0.2) is 0 Å². The average molecular weight is 370 g/mol. The van der Waals surface area contributed by atoms with Crippen molar-refractivity contribution in [3.8, 4) is 0 Å². The maximum absolute atomic E-state index is 5.94. The number of rotatable bonds is 4. The fourth-order valence-corrected chi connectivity index (χ4v) is 3.89. The Kier molecular flexibility index (Phi) is 6.16. The van der Waals surface area contributed by atoms with Crippen LogP contribution in [0.2, 0.25) is 0 Å². The highest BCUT2D eigenvalue weighted by molar-refractivity contribution is 5.80. The summed E-state index contributed by atoms with van der Waals surface area (Å²) in [6.07, 6.45) is 4.93. The lowest BCUT2D eigenvalue weighted by atomic mass is 9.97. The summed E-state index contributed by atoms with van der Waals surface area (Å²) < 4.78 is 7.76. The molecule has 3 rings (SSSR count). The van der Waals surface area contributed by atoms with E-state index in [2.05, 4.69) is 53.2 Å². The molecule has 0 saturated carbocycles. The minimum absolute atomic E-state index is 0.0348. The molecule has 0 radical (unpaired) electrons. The summed E-state index contributed by atoms with van der Waals surface area (Å²) in [5.74, 6) is 0.939. The molecule has 1 fully saturated rings. The van der Waals surface area contributed by atoms with Gasteiger partial charge in [0.05, 0.1) is 19.3 Å². The van der Waals surface area contributed by atoms with Crippen LogP contribution in [0.15, 0.2) is 29.5 Å². The second kappa shape index (κ2) is 8.57. The first kappa shape index (κ1) is 19.4. The van der Waals surface area contributed by atoms with Gasteiger partial charge in [0.2, 0.25) is 0 Å². The van der Waals surface area contributed by atoms with Crippen LogP contribution in [0.4, 0.5) is 0 Å². The Hall–Kier alpha value is -2.34. The first-order valence-electron chi connectivity index (χ1n) is 9.60. The third-order valence-corrected chi connectivity index (χ3v) is 5.17. The van der Waals surface area contributed by atoms with Crippen molar-refractivity contribution in [2.75, 3.05) is 33.3 Å². The summed E-state index contributed by atoms with van der Waals surface area (Å²) in [6, 6.07) is 4.52. The highest BCUT2D eigenvalue weighted by Gasteiger charge is 2.25. The van der Waals surface area contributed by atoms with Crippen LogP contribution < -0.4 is 5.32 Å². The standard InChI is InChI=1S/C21H31N5O/c1-15-10-16(2)19(17(3)11-15)6-7-23-21(22-4)26-8-9-27-20(14-26)18-12-24-25(5)13-18/h10-13,20H,6-9,14H2,1-5H3,(H,22,23). The van der Waals surface area contributed by atoms with E-state index < -0.39 is 0 Å². The molecule has 2 heterocycles. The maximum atomic E-state index is 5.94. The quantitative estimate of drug-likeness (QED) is 0.665. The van der Waals surface area contributed by atoms with Crippen LogP contribution in [0, 0.1) is 20.8 Å². The molecule has 1 aromatic carbocycles. The molecule has 1 aliphatic heterocycles. The molecular formula is C21H31N5O. The molecule has 1 saturated heterocycles. The summed E-state index contributed by atoms with van der Waals surface area (Å²) in [6.45, 7) is 9.74. The van der Waals surface area contributed by atoms with Gasteiger partial charge in [-0.1, -0.05) is 17.7 Å². The molecule has 0 aliphatic carbocycles. The predicted octanol–water partition coefficient (Wildman–Crippen LogP) is 2.54. The predicted molar refractivity (Wildman–Crippen MR) is 109 cm³/mol. The number of benzene rings is 1. The highest BCUT2D eigenvalue weighted by atomic mass is 16.5. The minimum atomic E-state index is 0.0348. The topological polar surface area (TPSA) is 54.7 Å². The molecule has 0 bridgehead atoms. The zero-order chi connectivity index (χ0) is 19.4. The maximum Gasteiger partial charge on any atom is 0.193 e. The van der Waals surface area contributed by atoms with E-state index in [0.717, 1.165) is 37.6 Å². The second-order valence-electron chi connectivity index (χ2n) is 7.35. The highest BCUT2D eigenvalue weighted by Crippen LogP contribution is 2.21. The Morgan fingerprint density at radius 3 is 2.67 bits per heavy atom. The summed E-state index contributed by atoms with van der Waals surface area (Å²) in [5.41, 5.74) is 6.61. The number of aryl methyl sites for hydroxylation is 4. The Morgan fingerprint density at radius 2 is 2.04 bits per heavy atom. The van der Waals surface area contributed by atoms with Gasteiger partial charge in [0.25, 0.3) is 0 Å². The molecule has 0 amide bonds. The van der Waals surface area contributed by atoms with Gasteiger partial charge in [-0.2, -0.15) is 5.10 Å². The molecule has 0 spiro atoms. The largest absolute Gasteiger partial charge is 0.370 e. The van der Waals surface area contributed by atoms with E-state index in [9.17, 15) is 0 Å². The minimum Gasteiger partial charge on any atom is -0.370 e. The van der Waals surface area contributed by atoms with E-state index in [4.69, 9.17) is 4.74 Å². The van der Waals surface area contributed by atoms with Crippen molar-refractivity contribution >= 4 is 5.96 Å². The van der Waals surface area contributed by atoms with Gasteiger partial charge in [-0.3, -0.25) is 9.67 Å². The smallest absolute Gasteiger partial charge is 0.193 e. The lowest BCUT2D eigenvalue weighted by Gasteiger charge is -2.34. The number of hydrogen-bond donors (Lipinski definition) is 1. The summed E-state index contributed by atoms with van der Waals surface area (Å²) in [5, 5.41) is 7.79. The molecule has 1 unspecified atom stereocenters. The van der Waals surface area contributed by atoms with E-state index in [1.807, 2.05) is 31.2 Å². The van der Waals surface area contributed by atoms with Crippen molar-refractivity contribution in [3.05, 3.63) is 52.3 Å². The fraction of sp³-hybridized carbons (Fsp3) is 0.524. The molecule has 27 heavy (non-hydrogen) atoms. The van der Waals surface area contributed by atoms with Crippen molar-refractivity contribution in [2.45, 2.75) is 33.3 Å². The lowest BCUT2D eigenvalue weighted by molar-refractivity contribution is -0.00800. The molecule has 146 valence electrons. The van der Waals surface area contributed by atoms with Crippen LogP contribution >= 0.6 is 0 Å². The molecular weight excluding hydrogens is 338 g/mol. The first-order chi connectivity index (χ1) is 13.0. The Labute approximate surface area is 162 Å². The van der Waals surface area contributed by atoms with Crippen molar-refractivity contribution in [1.29, 1.82) is 0 Å². The number of hydrogen-bond acceptors (Lipinski definition) is 3. The van der Waals surface area contributed by atoms with E-state index in [1.54, 1.807) is 0 Å². The number of guanidine groups is 1. The van der Waals surface area contributed by atoms with Crippen LogP contribution in [0.5, 0.6) is 0 Å². The van der Waals surface area contributed by atoms with Gasteiger partial charge >= 0.3 is 0 Å². The summed E-state index contributed by atoms with van der Waals surface area (Å²) >= 11 is 0. The van der Waals surface area contributed by atoms with Gasteiger partial charge in [-0.15, -0.1) is 0 Å². The zero-order valence-electron chi connectivity index (χ0n) is 17.1. The van der Waals surface area contributed by atoms with Crippen molar-refractivity contribution in [2.24, 2.45) is 12.0 Å². The Morgan fingerprint density at radius 1 is 1.30 bits per heavy atom. The molecule has 1 N–H and O–H groups in total. The van der Waals surface area contributed by atoms with E-state index >= 15 is 0 Å². The molecule has 1 aliphatic rings. The average Bonchev–Trinajstić information content (AvgIpc) is 3.07. The van der Waals surface area contributed by atoms with Crippen molar-refractivity contribution < 1.29 is 4.74 Å². The fourth-order valence-electron chi connectivity index (χ4n) is 3.89. The van der Waals surface area contributed by atoms with Gasteiger partial charge in [-0.05, 0) is 43.9 Å². The third-order valence-electron chi connectivity index (χ3n) is 5.17. The lowest BCUT2D eigenvalue weighted by Crippen LogP contribution is -2.48. The molecule has 1 aromatic heterocycles. The van der Waals surface area contributed by atoms with E-state index in [0.29, 0.717) is 6.61 Å². The monoisotopic (exact) mass is 369 g/mol. The van der Waals surface area contributed by atoms with Gasteiger partial charge in [0, 0.05) is 38.9 Å². The first-order valence-corrected chi connectivity index (χ1v) is 9.60. The molecule has 6 nitrogen and oxygen atoms in total. The van der Waals surface area contributed by atoms with Crippen LogP contribution in [-0.4, -0.2) is 53.9 Å². The zero-order valence-corrected chi connectivity index (χ0v) is 17.1. The Balaban J connectivity index is 1.59. The number of nitrogens with one attached hydrogen (secondary N) is 1. The van der Waals surface area contributed by atoms with E-state index in [-0.39, 0.29) is 6.10 Å². The van der Waals surface area contributed by atoms with Crippen LogP contribution in [0.3, 0.4) is 0 Å². The van der Waals surface area contributed by atoms with E-state index in [1.165, 1.54) is 22.3 Å². The van der Waals surface area contributed by atoms with Crippen LogP contribution in [-0.2, 0) is 18.2 Å². The Bertz CT molecular complexity index is 788. The molecule has 2 aromatic rings. The SMILES string of the molecule is CN=C(NCCc1c(C)cc(C)cc1C)N1CCOC(c2cnn(C)c2)C1. The number of nitrogens with zero attached hydrogens (tertiary/aromatic N) is 4. The van der Waals surface area contributed by atoms with Crippen molar-refractivity contribution in [3.63, 3.8) is 0 Å². The third kappa shape index (κ3) is 4.69. The second-order valence-corrected chi connectivity index (χ2v) is 7.35. The number of aromatic nitrogens is 2. The van der Waals surface area contributed by atoms with Gasteiger partial charge in [0.1, 0.15) is 6.10 Å². The summed E-state index contributed by atoms with van der Waals surface area (Å²) in [7, 11) is 3.78. The number of morpholine rings is 1. The van der Waals surface area contributed by atoms with Gasteiger partial charge in [0.15, 0.2) is 5.96 Å². The van der Waals surface area contributed by atoms with Crippen molar-refractivity contribution in [1.82, 2.24) is 20.0 Å². The number of aliphatic imine (C=N–C) groups is 1. The number of ether oxygens (including phenoxy) is 1. The molecule has 1 atom stereocenters. The normalized spacial score (nSPS) is 18.0. The van der Waals surface area contributed by atoms with Gasteiger partial charge < -0.3 is 15.0 Å². The van der Waals surface area contributed by atoms with Crippen LogP contribution in [0.25, 0.3) is 0 Å². The van der Waals surface area contributed by atoms with Crippen LogP contribution in [0.1, 0.15) is 33.9 Å². The summed E-state index contributed by atoms with van der Waals surface area (Å²) in [4.78, 5) is 6.76. The molecule has 6 heteroatoms.